The van der Waals surface area contributed by atoms with Gasteiger partial charge in [0.05, 0.1) is 18.5 Å². The molecule has 2 nitrogen and oxygen atoms in total. The largest absolute Gasteiger partial charge is 0.218 e. The number of halogens is 1. The Morgan fingerprint density at radius 1 is 0.619 bits per heavy atom. The SMILES string of the molecule is CC(C)CCCCCCCCCCCCCCCOOCl. The van der Waals surface area contributed by atoms with Crippen LogP contribution in [0, 0.1) is 5.92 Å². The Morgan fingerprint density at radius 2 is 1.00 bits per heavy atom. The maximum atomic E-state index is 4.95. The third kappa shape index (κ3) is 20.2. The minimum Gasteiger partial charge on any atom is -0.218 e. The molecule has 0 aliphatic rings. The van der Waals surface area contributed by atoms with Crippen molar-refractivity contribution in [1.82, 2.24) is 0 Å². The first-order chi connectivity index (χ1) is 10.3. The zero-order valence-electron chi connectivity index (χ0n) is 14.4. The lowest BCUT2D eigenvalue weighted by molar-refractivity contribution is -0.203. The summed E-state index contributed by atoms with van der Waals surface area (Å²) in [6.07, 6.45) is 19.2. The van der Waals surface area contributed by atoms with E-state index in [1.165, 1.54) is 83.5 Å². The molecule has 0 aromatic heterocycles. The van der Waals surface area contributed by atoms with Crippen molar-refractivity contribution in [3.8, 4) is 0 Å². The molecule has 0 atom stereocenters. The fraction of sp³-hybridized carbons (Fsp3) is 1.00. The van der Waals surface area contributed by atoms with E-state index in [0.29, 0.717) is 6.61 Å². The van der Waals surface area contributed by atoms with Gasteiger partial charge in [0.1, 0.15) is 0 Å². The normalized spacial score (nSPS) is 11.4. The molecule has 0 rings (SSSR count). The summed E-state index contributed by atoms with van der Waals surface area (Å²) in [7, 11) is 0. The Kier molecular flexibility index (Phi) is 18.4. The summed E-state index contributed by atoms with van der Waals surface area (Å²) in [4.78, 5) is 4.62. The van der Waals surface area contributed by atoms with Crippen LogP contribution in [-0.4, -0.2) is 6.61 Å². The van der Waals surface area contributed by atoms with Crippen LogP contribution in [0.15, 0.2) is 0 Å². The van der Waals surface area contributed by atoms with Gasteiger partial charge >= 0.3 is 0 Å². The lowest BCUT2D eigenvalue weighted by Gasteiger charge is -2.05. The molecule has 0 saturated carbocycles. The molecular formula is C18H37ClO2. The van der Waals surface area contributed by atoms with Gasteiger partial charge in [0, 0.05) is 0 Å². The van der Waals surface area contributed by atoms with Crippen molar-refractivity contribution in [2.45, 2.75) is 104 Å². The molecule has 0 unspecified atom stereocenters. The van der Waals surface area contributed by atoms with Crippen molar-refractivity contribution in [1.29, 1.82) is 0 Å². The molecule has 0 heterocycles. The minimum absolute atomic E-state index is 0.612. The molecule has 0 N–H and O–H groups in total. The second kappa shape index (κ2) is 18.3. The summed E-state index contributed by atoms with van der Waals surface area (Å²) in [6, 6.07) is 0. The number of hydrogen-bond acceptors (Lipinski definition) is 2. The average Bonchev–Trinajstić information content (AvgIpc) is 2.46. The zero-order valence-corrected chi connectivity index (χ0v) is 15.1. The highest BCUT2D eigenvalue weighted by Gasteiger charge is 1.96. The second-order valence-electron chi connectivity index (χ2n) is 6.66. The van der Waals surface area contributed by atoms with Crippen molar-refractivity contribution in [2.75, 3.05) is 6.61 Å². The Hall–Kier alpha value is 0.210. The van der Waals surface area contributed by atoms with Crippen molar-refractivity contribution >= 4 is 11.9 Å². The van der Waals surface area contributed by atoms with Crippen LogP contribution in [0.4, 0.5) is 0 Å². The molecule has 0 amide bonds. The molecule has 0 radical (unpaired) electrons. The second-order valence-corrected chi connectivity index (χ2v) is 6.79. The van der Waals surface area contributed by atoms with Crippen LogP contribution < -0.4 is 0 Å². The maximum Gasteiger partial charge on any atom is 0.0999 e. The molecule has 128 valence electrons. The van der Waals surface area contributed by atoms with E-state index < -0.39 is 0 Å². The van der Waals surface area contributed by atoms with Gasteiger partial charge in [-0.15, -0.1) is 4.44 Å². The lowest BCUT2D eigenvalue weighted by atomic mass is 10.0. The monoisotopic (exact) mass is 320 g/mol. The van der Waals surface area contributed by atoms with Crippen LogP contribution >= 0.6 is 11.9 Å². The Balaban J connectivity index is 2.93. The van der Waals surface area contributed by atoms with Crippen LogP contribution in [0.25, 0.3) is 0 Å². The Bertz CT molecular complexity index is 186. The van der Waals surface area contributed by atoms with E-state index in [-0.39, 0.29) is 0 Å². The van der Waals surface area contributed by atoms with Gasteiger partial charge in [0.25, 0.3) is 0 Å². The summed E-state index contributed by atoms with van der Waals surface area (Å²) in [5, 5.41) is 0. The quantitative estimate of drug-likeness (QED) is 0.160. The number of hydrogen-bond donors (Lipinski definition) is 0. The summed E-state index contributed by atoms with van der Waals surface area (Å²) in [5.74, 6) is 0.881. The van der Waals surface area contributed by atoms with E-state index >= 15 is 0 Å². The highest BCUT2D eigenvalue weighted by molar-refractivity contribution is 6.06. The summed E-state index contributed by atoms with van der Waals surface area (Å²) < 4.78 is 4.04. The molecule has 0 fully saturated rings. The summed E-state index contributed by atoms with van der Waals surface area (Å²) in [5.41, 5.74) is 0. The van der Waals surface area contributed by atoms with Gasteiger partial charge in [-0.1, -0.05) is 97.3 Å². The first kappa shape index (κ1) is 21.2. The molecule has 0 aliphatic carbocycles. The van der Waals surface area contributed by atoms with Crippen molar-refractivity contribution in [2.24, 2.45) is 5.92 Å². The molecule has 3 heteroatoms. The maximum absolute atomic E-state index is 4.95. The molecule has 0 aliphatic heterocycles. The zero-order chi connectivity index (χ0) is 15.6. The summed E-state index contributed by atoms with van der Waals surface area (Å²) >= 11 is 4.95. The molecule has 0 bridgehead atoms. The van der Waals surface area contributed by atoms with Gasteiger partial charge < -0.3 is 0 Å². The summed E-state index contributed by atoms with van der Waals surface area (Å²) in [6.45, 7) is 5.25. The smallest absolute Gasteiger partial charge is 0.0999 e. The van der Waals surface area contributed by atoms with E-state index in [4.69, 9.17) is 11.9 Å². The highest BCUT2D eigenvalue weighted by Crippen LogP contribution is 2.14. The minimum atomic E-state index is 0.612. The van der Waals surface area contributed by atoms with Gasteiger partial charge in [0.15, 0.2) is 0 Å². The van der Waals surface area contributed by atoms with Crippen molar-refractivity contribution < 1.29 is 9.33 Å². The molecular weight excluding hydrogens is 284 g/mol. The molecule has 0 spiro atoms. The van der Waals surface area contributed by atoms with Crippen molar-refractivity contribution in [3.05, 3.63) is 0 Å². The topological polar surface area (TPSA) is 18.5 Å². The number of unbranched alkanes of at least 4 members (excludes halogenated alkanes) is 12. The van der Waals surface area contributed by atoms with E-state index in [9.17, 15) is 0 Å². The molecule has 0 aromatic rings. The molecule has 0 saturated heterocycles. The van der Waals surface area contributed by atoms with E-state index in [0.717, 1.165) is 12.3 Å². The van der Waals surface area contributed by atoms with Gasteiger partial charge in [0.2, 0.25) is 0 Å². The van der Waals surface area contributed by atoms with Gasteiger partial charge in [-0.05, 0) is 12.3 Å². The van der Waals surface area contributed by atoms with Gasteiger partial charge in [-0.3, -0.25) is 0 Å². The van der Waals surface area contributed by atoms with Crippen LogP contribution in [0.3, 0.4) is 0 Å². The first-order valence-electron chi connectivity index (χ1n) is 9.17. The average molecular weight is 321 g/mol. The lowest BCUT2D eigenvalue weighted by Crippen LogP contribution is -1.90. The first-order valence-corrected chi connectivity index (χ1v) is 9.48. The van der Waals surface area contributed by atoms with Crippen LogP contribution in [-0.2, 0) is 9.33 Å². The standard InChI is InChI=1S/C18H37ClO2/c1-18(2)16-14-12-10-8-6-4-3-5-7-9-11-13-15-17-20-21-19/h18H,3-17H2,1-2H3. The fourth-order valence-corrected chi connectivity index (χ4v) is 2.75. The Morgan fingerprint density at radius 3 is 1.38 bits per heavy atom. The van der Waals surface area contributed by atoms with E-state index in [2.05, 4.69) is 23.2 Å². The fourth-order valence-electron chi connectivity index (χ4n) is 2.69. The Labute approximate surface area is 138 Å². The molecule has 0 aromatic carbocycles. The van der Waals surface area contributed by atoms with Gasteiger partial charge in [-0.2, -0.15) is 0 Å². The van der Waals surface area contributed by atoms with Crippen LogP contribution in [0.1, 0.15) is 104 Å². The van der Waals surface area contributed by atoms with Crippen LogP contribution in [0.2, 0.25) is 0 Å². The van der Waals surface area contributed by atoms with Crippen LogP contribution in [0.5, 0.6) is 0 Å². The highest BCUT2D eigenvalue weighted by atomic mass is 35.5. The van der Waals surface area contributed by atoms with Gasteiger partial charge in [-0.25, -0.2) is 4.89 Å². The van der Waals surface area contributed by atoms with E-state index in [1.807, 2.05) is 0 Å². The van der Waals surface area contributed by atoms with E-state index in [1.54, 1.807) is 0 Å². The van der Waals surface area contributed by atoms with Crippen molar-refractivity contribution in [3.63, 3.8) is 0 Å². The molecule has 21 heavy (non-hydrogen) atoms. The number of rotatable bonds is 17. The predicted molar refractivity (Wildman–Crippen MR) is 92.4 cm³/mol. The predicted octanol–water partition coefficient (Wildman–Crippen LogP) is 7.21. The third-order valence-corrected chi connectivity index (χ3v) is 4.14. The third-order valence-electron chi connectivity index (χ3n) is 4.05.